The van der Waals surface area contributed by atoms with E-state index in [4.69, 9.17) is 4.74 Å². The minimum atomic E-state index is -0.0666. The molecule has 6 rings (SSSR count). The van der Waals surface area contributed by atoms with Crippen LogP contribution in [0.5, 0.6) is 5.75 Å². The summed E-state index contributed by atoms with van der Waals surface area (Å²) in [7, 11) is 1.63. The van der Waals surface area contributed by atoms with Crippen molar-refractivity contribution in [2.75, 3.05) is 17.7 Å². The Hall–Kier alpha value is -3.78. The Bertz CT molecular complexity index is 1430. The van der Waals surface area contributed by atoms with E-state index in [9.17, 15) is 4.79 Å². The Morgan fingerprint density at radius 2 is 1.97 bits per heavy atom. The van der Waals surface area contributed by atoms with E-state index in [1.807, 2.05) is 30.5 Å². The minimum absolute atomic E-state index is 0.0533. The predicted octanol–water partition coefficient (Wildman–Crippen LogP) is 5.12. The van der Waals surface area contributed by atoms with Crippen LogP contribution in [0.15, 0.2) is 53.8 Å². The summed E-state index contributed by atoms with van der Waals surface area (Å²) in [6.07, 6.45) is 5.86. The molecule has 2 aromatic carbocycles. The number of amides is 1. The molecule has 0 radical (unpaired) electrons. The lowest BCUT2D eigenvalue weighted by Crippen LogP contribution is -2.27. The third-order valence-corrected chi connectivity index (χ3v) is 7.64. The first-order chi connectivity index (χ1) is 16.7. The second-order valence-electron chi connectivity index (χ2n) is 8.57. The van der Waals surface area contributed by atoms with E-state index in [2.05, 4.69) is 43.8 Å². The fourth-order valence-corrected chi connectivity index (χ4v) is 5.93. The lowest BCUT2D eigenvalue weighted by molar-refractivity contribution is -0.120. The molecule has 0 bridgehead atoms. The normalized spacial score (nSPS) is 16.2. The molecule has 1 aliphatic heterocycles. The van der Waals surface area contributed by atoms with Crippen LogP contribution in [-0.2, 0) is 24.2 Å². The monoisotopic (exact) mass is 469 g/mol. The first kappa shape index (κ1) is 20.8. The van der Waals surface area contributed by atoms with Crippen LogP contribution in [0.4, 0.5) is 17.2 Å². The third kappa shape index (κ3) is 3.80. The van der Waals surface area contributed by atoms with Gasteiger partial charge in [0.25, 0.3) is 0 Å². The number of carbonyl (C=O) groups is 1. The highest BCUT2D eigenvalue weighted by atomic mass is 32.1. The zero-order valence-corrected chi connectivity index (χ0v) is 19.5. The number of fused-ring (bicyclic) bond motifs is 4. The molecular weight excluding hydrogens is 446 g/mol. The molecule has 3 heterocycles. The SMILES string of the molecule is COc1ccc(NC(=O)C2CCc3c(sc4ncnc(Nc5ccc6c(c5)C=NC6)c34)C2)cc1. The lowest BCUT2D eigenvalue weighted by Gasteiger charge is -2.22. The van der Waals surface area contributed by atoms with Gasteiger partial charge in [0.05, 0.1) is 19.0 Å². The number of aryl methyl sites for hydroxylation is 1. The summed E-state index contributed by atoms with van der Waals surface area (Å²) in [4.78, 5) is 28.6. The number of rotatable bonds is 5. The van der Waals surface area contributed by atoms with E-state index in [0.29, 0.717) is 6.42 Å². The van der Waals surface area contributed by atoms with Gasteiger partial charge in [0.15, 0.2) is 0 Å². The first-order valence-electron chi connectivity index (χ1n) is 11.3. The Morgan fingerprint density at radius 1 is 1.12 bits per heavy atom. The molecule has 2 aliphatic rings. The van der Waals surface area contributed by atoms with Crippen LogP contribution >= 0.6 is 11.3 Å². The van der Waals surface area contributed by atoms with E-state index in [0.717, 1.165) is 58.1 Å². The molecule has 1 aliphatic carbocycles. The molecule has 4 aromatic rings. The van der Waals surface area contributed by atoms with Gasteiger partial charge in [-0.2, -0.15) is 0 Å². The molecule has 0 spiro atoms. The molecule has 8 heteroatoms. The number of methoxy groups -OCH3 is 1. The van der Waals surface area contributed by atoms with E-state index >= 15 is 0 Å². The van der Waals surface area contributed by atoms with Gasteiger partial charge in [-0.3, -0.25) is 9.79 Å². The molecule has 1 amide bonds. The van der Waals surface area contributed by atoms with Crippen molar-refractivity contribution in [1.29, 1.82) is 0 Å². The lowest BCUT2D eigenvalue weighted by atomic mass is 9.87. The number of ether oxygens (including phenoxy) is 1. The maximum Gasteiger partial charge on any atom is 0.227 e. The molecule has 0 saturated carbocycles. The second kappa shape index (κ2) is 8.53. The molecule has 1 unspecified atom stereocenters. The number of benzene rings is 2. The van der Waals surface area contributed by atoms with Crippen LogP contribution in [0.3, 0.4) is 0 Å². The number of aliphatic imine (C=N–C) groups is 1. The molecule has 34 heavy (non-hydrogen) atoms. The summed E-state index contributed by atoms with van der Waals surface area (Å²) >= 11 is 1.67. The summed E-state index contributed by atoms with van der Waals surface area (Å²) in [6.45, 7) is 0.749. The van der Waals surface area contributed by atoms with Gasteiger partial charge in [-0.1, -0.05) is 6.07 Å². The second-order valence-corrected chi connectivity index (χ2v) is 9.66. The number of carbonyl (C=O) groups excluding carboxylic acids is 1. The molecule has 0 fully saturated rings. The smallest absolute Gasteiger partial charge is 0.227 e. The summed E-state index contributed by atoms with van der Waals surface area (Å²) in [5, 5.41) is 7.62. The summed E-state index contributed by atoms with van der Waals surface area (Å²) in [5.74, 6) is 1.57. The number of hydrogen-bond donors (Lipinski definition) is 2. The number of nitrogens with zero attached hydrogens (tertiary/aromatic N) is 3. The number of thiophene rings is 1. The van der Waals surface area contributed by atoms with Crippen molar-refractivity contribution < 1.29 is 9.53 Å². The Labute approximate surface area is 200 Å². The van der Waals surface area contributed by atoms with Gasteiger partial charge >= 0.3 is 0 Å². The molecule has 170 valence electrons. The van der Waals surface area contributed by atoms with Crippen molar-refractivity contribution in [3.63, 3.8) is 0 Å². The molecular formula is C26H23N5O2S. The van der Waals surface area contributed by atoms with Crippen molar-refractivity contribution in [2.45, 2.75) is 25.8 Å². The maximum atomic E-state index is 13.0. The Kier molecular flexibility index (Phi) is 5.22. The fourth-order valence-electron chi connectivity index (χ4n) is 4.66. The van der Waals surface area contributed by atoms with Crippen molar-refractivity contribution >= 4 is 50.9 Å². The standard InChI is InChI=1S/C26H23N5O2S/c1-33-20-7-5-18(6-8-20)31-25(32)15-3-9-21-22(11-15)34-26-23(21)24(28-14-29-26)30-19-4-2-16-12-27-13-17(16)10-19/h2,4-8,10,13-15H,3,9,11-12H2,1H3,(H,31,32)(H,28,29,30). The van der Waals surface area contributed by atoms with Crippen LogP contribution < -0.4 is 15.4 Å². The maximum absolute atomic E-state index is 13.0. The molecule has 1 atom stereocenters. The van der Waals surface area contributed by atoms with Gasteiger partial charge in [0.1, 0.15) is 22.7 Å². The summed E-state index contributed by atoms with van der Waals surface area (Å²) in [5.41, 5.74) is 5.42. The highest BCUT2D eigenvalue weighted by Gasteiger charge is 2.29. The van der Waals surface area contributed by atoms with E-state index in [-0.39, 0.29) is 11.8 Å². The van der Waals surface area contributed by atoms with Crippen LogP contribution in [0.1, 0.15) is 28.0 Å². The van der Waals surface area contributed by atoms with E-state index < -0.39 is 0 Å². The third-order valence-electron chi connectivity index (χ3n) is 6.47. The van der Waals surface area contributed by atoms with Crippen molar-refractivity contribution in [3.8, 4) is 5.75 Å². The zero-order chi connectivity index (χ0) is 23.1. The van der Waals surface area contributed by atoms with Gasteiger partial charge in [-0.25, -0.2) is 9.97 Å². The van der Waals surface area contributed by atoms with Gasteiger partial charge in [0, 0.05) is 28.4 Å². The van der Waals surface area contributed by atoms with Crippen molar-refractivity contribution in [3.05, 3.63) is 70.4 Å². The van der Waals surface area contributed by atoms with E-state index in [1.54, 1.807) is 24.8 Å². The quantitative estimate of drug-likeness (QED) is 0.424. The van der Waals surface area contributed by atoms with E-state index in [1.165, 1.54) is 16.0 Å². The van der Waals surface area contributed by atoms with Crippen molar-refractivity contribution in [1.82, 2.24) is 9.97 Å². The van der Waals surface area contributed by atoms with Crippen LogP contribution in [0.2, 0.25) is 0 Å². The first-order valence-corrected chi connectivity index (χ1v) is 12.1. The molecule has 0 saturated heterocycles. The van der Waals surface area contributed by atoms with Gasteiger partial charge in [-0.15, -0.1) is 11.3 Å². The number of aromatic nitrogens is 2. The predicted molar refractivity (Wildman–Crippen MR) is 136 cm³/mol. The van der Waals surface area contributed by atoms with Gasteiger partial charge in [-0.05, 0) is 72.4 Å². The van der Waals surface area contributed by atoms with Gasteiger partial charge < -0.3 is 15.4 Å². The molecule has 7 nitrogen and oxygen atoms in total. The Morgan fingerprint density at radius 3 is 2.82 bits per heavy atom. The topological polar surface area (TPSA) is 88.5 Å². The van der Waals surface area contributed by atoms with Crippen LogP contribution in [0, 0.1) is 5.92 Å². The number of hydrogen-bond acceptors (Lipinski definition) is 7. The number of anilines is 3. The van der Waals surface area contributed by atoms with Crippen molar-refractivity contribution in [2.24, 2.45) is 10.9 Å². The van der Waals surface area contributed by atoms with Crippen LogP contribution in [-0.4, -0.2) is 29.2 Å². The molecule has 2 aromatic heterocycles. The Balaban J connectivity index is 1.23. The number of nitrogens with one attached hydrogen (secondary N) is 2. The minimum Gasteiger partial charge on any atom is -0.497 e. The zero-order valence-electron chi connectivity index (χ0n) is 18.7. The average molecular weight is 470 g/mol. The summed E-state index contributed by atoms with van der Waals surface area (Å²) < 4.78 is 5.19. The average Bonchev–Trinajstić information content (AvgIpc) is 3.48. The van der Waals surface area contributed by atoms with Crippen LogP contribution in [0.25, 0.3) is 10.2 Å². The van der Waals surface area contributed by atoms with Gasteiger partial charge in [0.2, 0.25) is 5.91 Å². The largest absolute Gasteiger partial charge is 0.497 e. The summed E-state index contributed by atoms with van der Waals surface area (Å²) in [6, 6.07) is 13.7. The highest BCUT2D eigenvalue weighted by molar-refractivity contribution is 7.19. The fraction of sp³-hybridized carbons (Fsp3) is 0.231. The highest BCUT2D eigenvalue weighted by Crippen LogP contribution is 2.40. The molecule has 2 N–H and O–H groups in total.